The topological polar surface area (TPSA) is 64.7 Å². The Hall–Kier alpha value is -5.98. The second-order valence-electron chi connectivity index (χ2n) is 13.1. The van der Waals surface area contributed by atoms with Crippen molar-refractivity contribution < 1.29 is 4.42 Å². The molecule has 3 aromatic heterocycles. The van der Waals surface area contributed by atoms with Crippen LogP contribution < -0.4 is 0 Å². The van der Waals surface area contributed by atoms with Gasteiger partial charge in [-0.15, -0.1) is 11.3 Å². The Bertz CT molecular complexity index is 2690. The van der Waals surface area contributed by atoms with Crippen LogP contribution in [0.3, 0.4) is 0 Å². The molecule has 0 fully saturated rings. The first kappa shape index (κ1) is 28.1. The van der Waals surface area contributed by atoms with Crippen molar-refractivity contribution in [3.63, 3.8) is 0 Å². The molecule has 10 rings (SSSR count). The van der Waals surface area contributed by atoms with Gasteiger partial charge in [-0.2, -0.15) is 0 Å². The molecular formula is C43H28N4OS. The van der Waals surface area contributed by atoms with E-state index in [0.717, 1.165) is 55.3 Å². The van der Waals surface area contributed by atoms with Crippen LogP contribution in [0.5, 0.6) is 0 Å². The van der Waals surface area contributed by atoms with E-state index in [2.05, 4.69) is 68.4 Å². The molecule has 1 aliphatic carbocycles. The number of aromatic nitrogens is 4. The standard InChI is InChI=1S/C43H28N4OS/c1-43(2)33-21-17-27(23-32(33)29-20-22-35-38(37(29)43)44-24-49-35)28-18-19-31(36-30-15-9-10-16-34(30)48-39(28)36)42-46-40(25-11-5-3-6-12-25)45-41(47-42)26-13-7-4-8-14-26/h3-24H,1-2H3. The van der Waals surface area contributed by atoms with Crippen LogP contribution >= 0.6 is 11.3 Å². The lowest BCUT2D eigenvalue weighted by atomic mass is 9.81. The van der Waals surface area contributed by atoms with Gasteiger partial charge in [0.25, 0.3) is 0 Å². The molecule has 0 aliphatic heterocycles. The van der Waals surface area contributed by atoms with E-state index in [1.165, 1.54) is 27.0 Å². The minimum atomic E-state index is -0.152. The number of fused-ring (bicyclic) bond motifs is 8. The minimum Gasteiger partial charge on any atom is -0.455 e. The molecule has 9 aromatic rings. The summed E-state index contributed by atoms with van der Waals surface area (Å²) in [5, 5.41) is 2.01. The van der Waals surface area contributed by atoms with E-state index < -0.39 is 0 Å². The summed E-state index contributed by atoms with van der Waals surface area (Å²) < 4.78 is 7.95. The average Bonchev–Trinajstić information content (AvgIpc) is 3.85. The molecule has 0 saturated carbocycles. The molecule has 0 spiro atoms. The first-order valence-corrected chi connectivity index (χ1v) is 17.3. The number of hydrogen-bond donors (Lipinski definition) is 0. The maximum atomic E-state index is 6.73. The summed E-state index contributed by atoms with van der Waals surface area (Å²) in [6.45, 7) is 4.62. The Morgan fingerprint density at radius 3 is 1.98 bits per heavy atom. The quantitative estimate of drug-likeness (QED) is 0.190. The molecule has 3 heterocycles. The van der Waals surface area contributed by atoms with Crippen LogP contribution in [-0.2, 0) is 5.41 Å². The van der Waals surface area contributed by atoms with E-state index in [9.17, 15) is 0 Å². The highest BCUT2D eigenvalue weighted by molar-refractivity contribution is 7.16. The highest BCUT2D eigenvalue weighted by Crippen LogP contribution is 2.53. The molecule has 6 aromatic carbocycles. The Labute approximate surface area is 286 Å². The van der Waals surface area contributed by atoms with Gasteiger partial charge < -0.3 is 4.42 Å². The number of benzene rings is 6. The van der Waals surface area contributed by atoms with Crippen molar-refractivity contribution in [2.24, 2.45) is 0 Å². The van der Waals surface area contributed by atoms with Gasteiger partial charge in [-0.05, 0) is 58.1 Å². The predicted molar refractivity (Wildman–Crippen MR) is 200 cm³/mol. The zero-order valence-corrected chi connectivity index (χ0v) is 27.6. The maximum absolute atomic E-state index is 6.73. The predicted octanol–water partition coefficient (Wildman–Crippen LogP) is 11.4. The Kier molecular flexibility index (Phi) is 6.02. The molecule has 0 radical (unpaired) electrons. The number of nitrogens with zero attached hydrogens (tertiary/aromatic N) is 4. The molecular weight excluding hydrogens is 621 g/mol. The SMILES string of the molecule is CC1(C)c2ccc(-c3ccc(-c4nc(-c5ccccc5)nc(-c5ccccc5)n4)c4c3oc3ccccc34)cc2-c2ccc3scnc3c21. The van der Waals surface area contributed by atoms with Crippen LogP contribution in [0.2, 0.25) is 0 Å². The van der Waals surface area contributed by atoms with Gasteiger partial charge >= 0.3 is 0 Å². The zero-order valence-electron chi connectivity index (χ0n) is 26.8. The fourth-order valence-corrected chi connectivity index (χ4v) is 8.26. The Morgan fingerprint density at radius 1 is 0.571 bits per heavy atom. The fraction of sp³-hybridized carbons (Fsp3) is 0.0698. The van der Waals surface area contributed by atoms with Gasteiger partial charge in [-0.1, -0.05) is 111 Å². The highest BCUT2D eigenvalue weighted by atomic mass is 32.1. The van der Waals surface area contributed by atoms with Gasteiger partial charge in [-0.3, -0.25) is 0 Å². The van der Waals surface area contributed by atoms with E-state index in [0.29, 0.717) is 17.5 Å². The number of furan rings is 1. The molecule has 232 valence electrons. The summed E-state index contributed by atoms with van der Waals surface area (Å²) in [5.41, 5.74) is 14.6. The van der Waals surface area contributed by atoms with Crippen molar-refractivity contribution in [2.75, 3.05) is 0 Å². The van der Waals surface area contributed by atoms with E-state index >= 15 is 0 Å². The Morgan fingerprint density at radius 2 is 1.22 bits per heavy atom. The molecule has 0 N–H and O–H groups in total. The van der Waals surface area contributed by atoms with E-state index in [1.807, 2.05) is 78.3 Å². The third kappa shape index (κ3) is 4.24. The van der Waals surface area contributed by atoms with Crippen LogP contribution in [0.1, 0.15) is 25.0 Å². The lowest BCUT2D eigenvalue weighted by molar-refractivity contribution is 0.665. The number of rotatable bonds is 4. The average molecular weight is 649 g/mol. The molecule has 0 atom stereocenters. The Balaban J connectivity index is 1.21. The monoisotopic (exact) mass is 648 g/mol. The third-order valence-corrected chi connectivity index (χ3v) is 10.7. The minimum absolute atomic E-state index is 0.152. The van der Waals surface area contributed by atoms with Gasteiger partial charge in [0, 0.05) is 38.4 Å². The van der Waals surface area contributed by atoms with Crippen molar-refractivity contribution in [3.8, 4) is 56.4 Å². The van der Waals surface area contributed by atoms with Crippen LogP contribution in [0.15, 0.2) is 137 Å². The highest BCUT2D eigenvalue weighted by Gasteiger charge is 2.38. The summed E-state index contributed by atoms with van der Waals surface area (Å²) in [4.78, 5) is 19.9. The van der Waals surface area contributed by atoms with Crippen molar-refractivity contribution in [2.45, 2.75) is 19.3 Å². The van der Waals surface area contributed by atoms with Crippen molar-refractivity contribution >= 4 is 43.5 Å². The molecule has 1 aliphatic rings. The normalized spacial score (nSPS) is 13.3. The molecule has 0 unspecified atom stereocenters. The first-order chi connectivity index (χ1) is 24.0. The number of thiazole rings is 1. The lowest BCUT2D eigenvalue weighted by Gasteiger charge is -2.22. The summed E-state index contributed by atoms with van der Waals surface area (Å²) in [6, 6.07) is 44.0. The molecule has 0 amide bonds. The first-order valence-electron chi connectivity index (χ1n) is 16.4. The van der Waals surface area contributed by atoms with Crippen LogP contribution in [0, 0.1) is 0 Å². The summed E-state index contributed by atoms with van der Waals surface area (Å²) >= 11 is 1.70. The summed E-state index contributed by atoms with van der Waals surface area (Å²) in [6.07, 6.45) is 0. The zero-order chi connectivity index (χ0) is 32.7. The van der Waals surface area contributed by atoms with Gasteiger partial charge in [0.1, 0.15) is 11.2 Å². The third-order valence-electron chi connectivity index (χ3n) is 9.89. The largest absolute Gasteiger partial charge is 0.455 e. The molecule has 0 bridgehead atoms. The van der Waals surface area contributed by atoms with Gasteiger partial charge in [0.05, 0.1) is 15.7 Å². The molecule has 0 saturated heterocycles. The van der Waals surface area contributed by atoms with E-state index in [4.69, 9.17) is 24.4 Å². The smallest absolute Gasteiger partial charge is 0.164 e. The van der Waals surface area contributed by atoms with Crippen LogP contribution in [0.25, 0.3) is 88.6 Å². The van der Waals surface area contributed by atoms with E-state index in [-0.39, 0.29) is 5.41 Å². The molecule has 49 heavy (non-hydrogen) atoms. The van der Waals surface area contributed by atoms with Gasteiger partial charge in [-0.25, -0.2) is 19.9 Å². The van der Waals surface area contributed by atoms with Gasteiger partial charge in [0.2, 0.25) is 0 Å². The fourth-order valence-electron chi connectivity index (χ4n) is 7.57. The van der Waals surface area contributed by atoms with Crippen molar-refractivity contribution in [1.82, 2.24) is 19.9 Å². The van der Waals surface area contributed by atoms with E-state index in [1.54, 1.807) is 11.3 Å². The number of para-hydroxylation sites is 1. The lowest BCUT2D eigenvalue weighted by Crippen LogP contribution is -2.15. The summed E-state index contributed by atoms with van der Waals surface area (Å²) in [7, 11) is 0. The molecule has 5 nitrogen and oxygen atoms in total. The van der Waals surface area contributed by atoms with Gasteiger partial charge in [0.15, 0.2) is 17.5 Å². The van der Waals surface area contributed by atoms with Crippen LogP contribution in [0.4, 0.5) is 0 Å². The van der Waals surface area contributed by atoms with Crippen LogP contribution in [-0.4, -0.2) is 19.9 Å². The van der Waals surface area contributed by atoms with Crippen molar-refractivity contribution in [3.05, 3.63) is 144 Å². The maximum Gasteiger partial charge on any atom is 0.164 e. The molecule has 6 heteroatoms. The second-order valence-corrected chi connectivity index (χ2v) is 14.0. The second kappa shape index (κ2) is 10.5. The number of hydrogen-bond acceptors (Lipinski definition) is 6. The van der Waals surface area contributed by atoms with Crippen molar-refractivity contribution in [1.29, 1.82) is 0 Å². The summed E-state index contributed by atoms with van der Waals surface area (Å²) in [5.74, 6) is 1.86.